The highest BCUT2D eigenvalue weighted by atomic mass is 127. The second-order valence-electron chi connectivity index (χ2n) is 7.26. The topological polar surface area (TPSA) is 77.0 Å². The first kappa shape index (κ1) is 22.4. The van der Waals surface area contributed by atoms with E-state index in [9.17, 15) is 9.90 Å². The monoisotopic (exact) mass is 440 g/mol. The van der Waals surface area contributed by atoms with Crippen molar-refractivity contribution in [2.45, 2.75) is 64.5 Å². The molecule has 0 radical (unpaired) electrons. The summed E-state index contributed by atoms with van der Waals surface area (Å²) in [7, 11) is 1.84. The molecule has 0 unspecified atom stereocenters. The molecule has 23 heavy (non-hydrogen) atoms. The van der Waals surface area contributed by atoms with Crippen molar-refractivity contribution in [2.75, 3.05) is 26.7 Å². The number of nitrogens with zero attached hydrogens (tertiary/aromatic N) is 2. The first-order chi connectivity index (χ1) is 10.2. The smallest absolute Gasteiger partial charge is 0.240 e. The van der Waals surface area contributed by atoms with E-state index in [1.165, 1.54) is 0 Å². The number of carbonyl (C=O) groups is 1. The molecule has 0 atom stereocenters. The second kappa shape index (κ2) is 9.66. The molecule has 1 amide bonds. The summed E-state index contributed by atoms with van der Waals surface area (Å²) >= 11 is 0. The van der Waals surface area contributed by atoms with Crippen LogP contribution in [-0.4, -0.2) is 59.7 Å². The van der Waals surface area contributed by atoms with Gasteiger partial charge in [-0.05, 0) is 40.5 Å². The van der Waals surface area contributed by atoms with Gasteiger partial charge in [-0.1, -0.05) is 12.8 Å². The van der Waals surface area contributed by atoms with Gasteiger partial charge in [0.2, 0.25) is 5.91 Å². The molecular formula is C16H33IN4O2. The van der Waals surface area contributed by atoms with Gasteiger partial charge in [-0.15, -0.1) is 24.0 Å². The third-order valence-electron chi connectivity index (χ3n) is 3.65. The maximum absolute atomic E-state index is 12.0. The summed E-state index contributed by atoms with van der Waals surface area (Å²) in [5.74, 6) is 0.618. The first-order valence-electron chi connectivity index (χ1n) is 8.18. The number of aliphatic hydroxyl groups is 1. The molecule has 6 nitrogen and oxygen atoms in total. The Kier molecular flexibility index (Phi) is 9.42. The predicted octanol–water partition coefficient (Wildman–Crippen LogP) is 1.72. The van der Waals surface area contributed by atoms with Crippen LogP contribution in [-0.2, 0) is 4.79 Å². The van der Waals surface area contributed by atoms with Crippen molar-refractivity contribution in [1.82, 2.24) is 15.5 Å². The van der Waals surface area contributed by atoms with Crippen molar-refractivity contribution < 1.29 is 9.90 Å². The molecule has 136 valence electrons. The van der Waals surface area contributed by atoms with Gasteiger partial charge in [0, 0.05) is 19.1 Å². The van der Waals surface area contributed by atoms with Crippen LogP contribution >= 0.6 is 24.0 Å². The van der Waals surface area contributed by atoms with Gasteiger partial charge in [0.1, 0.15) is 0 Å². The SMILES string of the molecule is CCNC(=NCC1(O)CCCC1)N(C)CC(=O)NC(C)(C)C.I. The standard InChI is InChI=1S/C16H32N4O2.HI/c1-6-17-14(18-12-16(22)9-7-8-10-16)20(5)11-13(21)19-15(2,3)4;/h22H,6-12H2,1-5H3,(H,17,18)(H,19,21);1H. The number of rotatable bonds is 5. The minimum absolute atomic E-state index is 0. The van der Waals surface area contributed by atoms with Gasteiger partial charge in [-0.2, -0.15) is 0 Å². The Morgan fingerprint density at radius 3 is 2.35 bits per heavy atom. The van der Waals surface area contributed by atoms with Crippen molar-refractivity contribution in [3.63, 3.8) is 0 Å². The molecule has 0 aromatic carbocycles. The number of halogens is 1. The Balaban J connectivity index is 0.00000484. The average Bonchev–Trinajstić information content (AvgIpc) is 2.79. The number of hydrogen-bond acceptors (Lipinski definition) is 3. The Hall–Kier alpha value is -0.570. The highest BCUT2D eigenvalue weighted by Gasteiger charge is 2.31. The van der Waals surface area contributed by atoms with Gasteiger partial charge in [0.25, 0.3) is 0 Å². The van der Waals surface area contributed by atoms with Gasteiger partial charge in [-0.25, -0.2) is 0 Å². The van der Waals surface area contributed by atoms with Gasteiger partial charge >= 0.3 is 0 Å². The molecule has 1 aliphatic rings. The molecule has 0 aromatic rings. The third-order valence-corrected chi connectivity index (χ3v) is 3.65. The summed E-state index contributed by atoms with van der Waals surface area (Å²) < 4.78 is 0. The normalized spacial score (nSPS) is 17.4. The van der Waals surface area contributed by atoms with E-state index in [1.54, 1.807) is 4.90 Å². The minimum Gasteiger partial charge on any atom is -0.388 e. The van der Waals surface area contributed by atoms with E-state index < -0.39 is 5.60 Å². The summed E-state index contributed by atoms with van der Waals surface area (Å²) in [6.07, 6.45) is 3.74. The maximum Gasteiger partial charge on any atom is 0.240 e. The van der Waals surface area contributed by atoms with Crippen LogP contribution in [0.5, 0.6) is 0 Å². The lowest BCUT2D eigenvalue weighted by Crippen LogP contribution is -2.49. The van der Waals surface area contributed by atoms with Crippen molar-refractivity contribution in [2.24, 2.45) is 4.99 Å². The van der Waals surface area contributed by atoms with E-state index in [-0.39, 0.29) is 42.0 Å². The van der Waals surface area contributed by atoms with Crippen molar-refractivity contribution >= 4 is 35.8 Å². The van der Waals surface area contributed by atoms with E-state index in [1.807, 2.05) is 34.7 Å². The van der Waals surface area contributed by atoms with E-state index in [0.717, 1.165) is 32.2 Å². The molecule has 0 bridgehead atoms. The first-order valence-corrected chi connectivity index (χ1v) is 8.18. The number of hydrogen-bond donors (Lipinski definition) is 3. The maximum atomic E-state index is 12.0. The van der Waals surface area contributed by atoms with Crippen LogP contribution in [0.2, 0.25) is 0 Å². The van der Waals surface area contributed by atoms with Gasteiger partial charge in [-0.3, -0.25) is 9.79 Å². The fourth-order valence-electron chi connectivity index (χ4n) is 2.63. The molecule has 3 N–H and O–H groups in total. The molecule has 0 aromatic heterocycles. The lowest BCUT2D eigenvalue weighted by Gasteiger charge is -2.26. The van der Waals surface area contributed by atoms with Crippen LogP contribution in [0.15, 0.2) is 4.99 Å². The van der Waals surface area contributed by atoms with Gasteiger partial charge in [0.15, 0.2) is 5.96 Å². The summed E-state index contributed by atoms with van der Waals surface area (Å²) in [6, 6.07) is 0. The molecule has 0 spiro atoms. The van der Waals surface area contributed by atoms with Crippen molar-refractivity contribution in [1.29, 1.82) is 0 Å². The molecule has 1 aliphatic carbocycles. The Bertz CT molecular complexity index is 401. The van der Waals surface area contributed by atoms with Crippen molar-refractivity contribution in [3.8, 4) is 0 Å². The zero-order valence-corrected chi connectivity index (χ0v) is 17.4. The largest absolute Gasteiger partial charge is 0.388 e. The van der Waals surface area contributed by atoms with E-state index >= 15 is 0 Å². The average molecular weight is 440 g/mol. The highest BCUT2D eigenvalue weighted by Crippen LogP contribution is 2.29. The molecule has 0 heterocycles. The second-order valence-corrected chi connectivity index (χ2v) is 7.26. The zero-order chi connectivity index (χ0) is 16.8. The van der Waals surface area contributed by atoms with Crippen LogP contribution in [0, 0.1) is 0 Å². The Labute approximate surface area is 157 Å². The van der Waals surface area contributed by atoms with Gasteiger partial charge < -0.3 is 20.6 Å². The number of nitrogens with one attached hydrogen (secondary N) is 2. The van der Waals surface area contributed by atoms with Crippen LogP contribution in [0.4, 0.5) is 0 Å². The highest BCUT2D eigenvalue weighted by molar-refractivity contribution is 14.0. The van der Waals surface area contributed by atoms with Crippen LogP contribution in [0.1, 0.15) is 53.4 Å². The van der Waals surface area contributed by atoms with E-state index in [0.29, 0.717) is 12.5 Å². The molecule has 1 saturated carbocycles. The Morgan fingerprint density at radius 1 is 1.30 bits per heavy atom. The summed E-state index contributed by atoms with van der Waals surface area (Å²) in [4.78, 5) is 18.3. The predicted molar refractivity (Wildman–Crippen MR) is 105 cm³/mol. The molecular weight excluding hydrogens is 407 g/mol. The molecule has 1 rings (SSSR count). The molecule has 0 aliphatic heterocycles. The molecule has 1 fully saturated rings. The van der Waals surface area contributed by atoms with E-state index in [4.69, 9.17) is 0 Å². The number of guanidine groups is 1. The lowest BCUT2D eigenvalue weighted by molar-refractivity contribution is -0.122. The quantitative estimate of drug-likeness (QED) is 0.346. The summed E-state index contributed by atoms with van der Waals surface area (Å²) in [5, 5.41) is 16.5. The zero-order valence-electron chi connectivity index (χ0n) is 15.1. The van der Waals surface area contributed by atoms with E-state index in [2.05, 4.69) is 15.6 Å². The van der Waals surface area contributed by atoms with Crippen LogP contribution in [0.3, 0.4) is 0 Å². The van der Waals surface area contributed by atoms with Crippen molar-refractivity contribution in [3.05, 3.63) is 0 Å². The number of carbonyl (C=O) groups excluding carboxylic acids is 1. The van der Waals surface area contributed by atoms with Crippen LogP contribution < -0.4 is 10.6 Å². The third kappa shape index (κ3) is 8.74. The number of aliphatic imine (C=N–C) groups is 1. The molecule has 7 heteroatoms. The van der Waals surface area contributed by atoms with Crippen LogP contribution in [0.25, 0.3) is 0 Å². The fraction of sp³-hybridized carbons (Fsp3) is 0.875. The molecule has 0 saturated heterocycles. The minimum atomic E-state index is -0.671. The number of amides is 1. The Morgan fingerprint density at radius 2 is 1.87 bits per heavy atom. The van der Waals surface area contributed by atoms with Gasteiger partial charge in [0.05, 0.1) is 18.7 Å². The summed E-state index contributed by atoms with van der Waals surface area (Å²) in [6.45, 7) is 9.22. The lowest BCUT2D eigenvalue weighted by atomic mass is 10.0. The fourth-order valence-corrected chi connectivity index (χ4v) is 2.63. The number of likely N-dealkylation sites (N-methyl/N-ethyl adjacent to an activating group) is 1. The summed E-state index contributed by atoms with van der Waals surface area (Å²) in [5.41, 5.74) is -0.915.